The van der Waals surface area contributed by atoms with E-state index in [9.17, 15) is 9.59 Å². The molecule has 5 nitrogen and oxygen atoms in total. The highest BCUT2D eigenvalue weighted by Gasteiger charge is 2.06. The van der Waals surface area contributed by atoms with Crippen LogP contribution in [0.4, 0.5) is 0 Å². The summed E-state index contributed by atoms with van der Waals surface area (Å²) in [4.78, 5) is 21.0. The first-order chi connectivity index (χ1) is 13.5. The summed E-state index contributed by atoms with van der Waals surface area (Å²) in [7, 11) is 1.69. The van der Waals surface area contributed by atoms with Crippen LogP contribution in [0.1, 0.15) is 88.2 Å². The van der Waals surface area contributed by atoms with Crippen LogP contribution >= 0.6 is 0 Å². The lowest BCUT2D eigenvalue weighted by Gasteiger charge is -2.12. The molecule has 0 atom stereocenters. The molecular formula is C23H36O5. The molecule has 0 saturated heterocycles. The van der Waals surface area contributed by atoms with Crippen molar-refractivity contribution in [2.45, 2.75) is 89.9 Å². The van der Waals surface area contributed by atoms with E-state index in [1.54, 1.807) is 7.11 Å². The van der Waals surface area contributed by atoms with Crippen molar-refractivity contribution in [1.82, 2.24) is 0 Å². The van der Waals surface area contributed by atoms with Gasteiger partial charge in [-0.2, -0.15) is 0 Å². The van der Waals surface area contributed by atoms with Crippen molar-refractivity contribution in [2.24, 2.45) is 0 Å². The van der Waals surface area contributed by atoms with Gasteiger partial charge in [-0.05, 0) is 61.8 Å². The van der Waals surface area contributed by atoms with Crippen molar-refractivity contribution in [3.63, 3.8) is 0 Å². The average molecular weight is 393 g/mol. The maximum atomic E-state index is 10.5. The van der Waals surface area contributed by atoms with Gasteiger partial charge in [0.15, 0.2) is 0 Å². The number of aliphatic carboxylic acids is 2. The monoisotopic (exact) mass is 392 g/mol. The Kier molecular flexibility index (Phi) is 12.8. The van der Waals surface area contributed by atoms with Crippen LogP contribution in [0.2, 0.25) is 0 Å². The van der Waals surface area contributed by atoms with E-state index < -0.39 is 11.9 Å². The number of unbranched alkanes of at least 4 members (excludes halogenated alkanes) is 8. The molecule has 1 rings (SSSR count). The molecule has 0 radical (unpaired) electrons. The number of carboxylic acids is 2. The zero-order valence-electron chi connectivity index (χ0n) is 17.3. The Morgan fingerprint density at radius 3 is 1.68 bits per heavy atom. The number of aryl methyl sites for hydroxylation is 2. The second-order valence-corrected chi connectivity index (χ2v) is 7.46. The fraction of sp³-hybridized carbons (Fsp3) is 0.652. The summed E-state index contributed by atoms with van der Waals surface area (Å²) in [5.74, 6) is -0.512. The number of methoxy groups -OCH3 is 1. The van der Waals surface area contributed by atoms with Crippen molar-refractivity contribution < 1.29 is 24.5 Å². The summed E-state index contributed by atoms with van der Waals surface area (Å²) in [5, 5.41) is 17.3. The van der Waals surface area contributed by atoms with Gasteiger partial charge in [-0.1, -0.05) is 44.6 Å². The molecule has 0 fully saturated rings. The summed E-state index contributed by atoms with van der Waals surface area (Å²) in [5.41, 5.74) is 2.74. The lowest BCUT2D eigenvalue weighted by molar-refractivity contribution is -0.138. The summed E-state index contributed by atoms with van der Waals surface area (Å²) in [6, 6.07) is 6.34. The van der Waals surface area contributed by atoms with Crippen molar-refractivity contribution >= 4 is 11.9 Å². The van der Waals surface area contributed by atoms with E-state index in [0.717, 1.165) is 82.8 Å². The maximum absolute atomic E-state index is 10.5. The van der Waals surface area contributed by atoms with Crippen molar-refractivity contribution in [2.75, 3.05) is 7.11 Å². The molecule has 0 heterocycles. The van der Waals surface area contributed by atoms with Gasteiger partial charge in [-0.15, -0.1) is 0 Å². The van der Waals surface area contributed by atoms with E-state index in [4.69, 9.17) is 14.9 Å². The van der Waals surface area contributed by atoms with E-state index >= 15 is 0 Å². The summed E-state index contributed by atoms with van der Waals surface area (Å²) < 4.78 is 5.38. The number of carbonyl (C=O) groups is 2. The molecule has 0 aliphatic carbocycles. The van der Waals surface area contributed by atoms with Crippen molar-refractivity contribution in [3.8, 4) is 5.75 Å². The lowest BCUT2D eigenvalue weighted by Crippen LogP contribution is -1.98. The molecule has 1 aromatic rings. The predicted octanol–water partition coefficient (Wildman–Crippen LogP) is 5.63. The standard InChI is InChI=1S/C23H36O5/c1-28-21-17-16-19(12-8-4-2-6-10-14-22(24)25)20(18-21)13-9-5-3-7-11-15-23(26)27/h16-18H,2-15H2,1H3,(H,24,25)(H,26,27). The Bertz CT molecular complexity index is 582. The molecule has 0 aliphatic rings. The first-order valence-electron chi connectivity index (χ1n) is 10.6. The molecule has 1 aromatic carbocycles. The van der Waals surface area contributed by atoms with E-state index in [1.165, 1.54) is 11.1 Å². The Labute approximate surface area is 169 Å². The lowest BCUT2D eigenvalue weighted by atomic mass is 9.96. The number of ether oxygens (including phenoxy) is 1. The first-order valence-corrected chi connectivity index (χ1v) is 10.6. The maximum Gasteiger partial charge on any atom is 0.303 e. The van der Waals surface area contributed by atoms with Gasteiger partial charge in [0.1, 0.15) is 5.75 Å². The topological polar surface area (TPSA) is 83.8 Å². The molecule has 0 unspecified atom stereocenters. The van der Waals surface area contributed by atoms with Gasteiger partial charge in [0.05, 0.1) is 7.11 Å². The average Bonchev–Trinajstić information content (AvgIpc) is 2.66. The summed E-state index contributed by atoms with van der Waals surface area (Å²) in [6.07, 6.45) is 12.8. The van der Waals surface area contributed by atoms with Crippen LogP contribution < -0.4 is 4.74 Å². The van der Waals surface area contributed by atoms with E-state index in [0.29, 0.717) is 0 Å². The largest absolute Gasteiger partial charge is 0.497 e. The van der Waals surface area contributed by atoms with Gasteiger partial charge in [0, 0.05) is 12.8 Å². The number of hydrogen-bond donors (Lipinski definition) is 2. The van der Waals surface area contributed by atoms with E-state index in [1.807, 2.05) is 6.07 Å². The van der Waals surface area contributed by atoms with Crippen LogP contribution in [0.3, 0.4) is 0 Å². The number of benzene rings is 1. The van der Waals surface area contributed by atoms with Gasteiger partial charge in [-0.25, -0.2) is 0 Å². The fourth-order valence-electron chi connectivity index (χ4n) is 3.45. The number of carboxylic acid groups (broad SMARTS) is 2. The molecule has 2 N–H and O–H groups in total. The molecule has 0 amide bonds. The third-order valence-corrected chi connectivity index (χ3v) is 5.09. The van der Waals surface area contributed by atoms with E-state index in [-0.39, 0.29) is 12.8 Å². The molecule has 5 heteroatoms. The molecular weight excluding hydrogens is 356 g/mol. The second-order valence-electron chi connectivity index (χ2n) is 7.46. The quantitative estimate of drug-likeness (QED) is 0.336. The minimum atomic E-state index is -0.706. The number of hydrogen-bond acceptors (Lipinski definition) is 3. The Morgan fingerprint density at radius 2 is 1.18 bits per heavy atom. The Balaban J connectivity index is 2.32. The highest BCUT2D eigenvalue weighted by molar-refractivity contribution is 5.66. The Hall–Kier alpha value is -2.04. The summed E-state index contributed by atoms with van der Waals surface area (Å²) in [6.45, 7) is 0. The van der Waals surface area contributed by atoms with Crippen LogP contribution in [0.5, 0.6) is 5.75 Å². The van der Waals surface area contributed by atoms with Crippen molar-refractivity contribution in [3.05, 3.63) is 29.3 Å². The predicted molar refractivity (Wildman–Crippen MR) is 111 cm³/mol. The summed E-state index contributed by atoms with van der Waals surface area (Å²) >= 11 is 0. The van der Waals surface area contributed by atoms with Gasteiger partial charge in [0.25, 0.3) is 0 Å². The zero-order valence-corrected chi connectivity index (χ0v) is 17.3. The van der Waals surface area contributed by atoms with E-state index in [2.05, 4.69) is 12.1 Å². The normalized spacial score (nSPS) is 10.8. The molecule has 0 aromatic heterocycles. The Morgan fingerprint density at radius 1 is 0.714 bits per heavy atom. The van der Waals surface area contributed by atoms with Crippen LogP contribution in [0, 0.1) is 0 Å². The molecule has 0 spiro atoms. The van der Waals surface area contributed by atoms with Gasteiger partial charge < -0.3 is 14.9 Å². The first kappa shape index (κ1) is 24.0. The third-order valence-electron chi connectivity index (χ3n) is 5.09. The molecule has 158 valence electrons. The van der Waals surface area contributed by atoms with Crippen LogP contribution in [-0.2, 0) is 22.4 Å². The van der Waals surface area contributed by atoms with Gasteiger partial charge in [-0.3, -0.25) is 9.59 Å². The molecule has 0 bridgehead atoms. The fourth-order valence-corrected chi connectivity index (χ4v) is 3.45. The molecule has 0 aliphatic heterocycles. The van der Waals surface area contributed by atoms with Gasteiger partial charge >= 0.3 is 11.9 Å². The van der Waals surface area contributed by atoms with Gasteiger partial charge in [0.2, 0.25) is 0 Å². The highest BCUT2D eigenvalue weighted by atomic mass is 16.5. The van der Waals surface area contributed by atoms with Crippen LogP contribution in [0.15, 0.2) is 18.2 Å². The smallest absolute Gasteiger partial charge is 0.303 e. The highest BCUT2D eigenvalue weighted by Crippen LogP contribution is 2.22. The van der Waals surface area contributed by atoms with Crippen molar-refractivity contribution in [1.29, 1.82) is 0 Å². The number of rotatable bonds is 17. The second kappa shape index (κ2) is 14.9. The molecule has 28 heavy (non-hydrogen) atoms. The molecule has 0 saturated carbocycles. The van der Waals surface area contributed by atoms with Crippen LogP contribution in [-0.4, -0.2) is 29.3 Å². The zero-order chi connectivity index (χ0) is 20.6. The SMILES string of the molecule is COc1ccc(CCCCCCCC(=O)O)c(CCCCCCCC(=O)O)c1. The minimum absolute atomic E-state index is 0.274. The third kappa shape index (κ3) is 11.6. The van der Waals surface area contributed by atoms with Crippen LogP contribution in [0.25, 0.3) is 0 Å². The minimum Gasteiger partial charge on any atom is -0.497 e.